The Labute approximate surface area is 222 Å². The number of aromatic nitrogens is 1. The van der Waals surface area contributed by atoms with Gasteiger partial charge in [-0.1, -0.05) is 76.7 Å². The number of hydrogen-bond donors (Lipinski definition) is 1. The summed E-state index contributed by atoms with van der Waals surface area (Å²) in [5.41, 5.74) is 6.72. The van der Waals surface area contributed by atoms with Gasteiger partial charge in [-0.05, 0) is 52.9 Å². The van der Waals surface area contributed by atoms with Gasteiger partial charge in [-0.25, -0.2) is 0 Å². The molecule has 0 radical (unpaired) electrons. The topological polar surface area (TPSA) is 51.3 Å². The molecule has 1 aliphatic carbocycles. The van der Waals surface area contributed by atoms with Gasteiger partial charge in [0.15, 0.2) is 12.0 Å². The standard InChI is InChI=1S/C27H17Cl4NO3/c28-21-12-17(34-10-9-25(30)31)13-22(29)27(21)35-24-8-6-19-18-4-2-1-3-15(18)11-20(19)26(24)23-7-5-16(14-33)32-23/h1-9,12-14,32H,10-11H2. The number of aldehydes is 1. The van der Waals surface area contributed by atoms with Gasteiger partial charge < -0.3 is 14.5 Å². The fourth-order valence-electron chi connectivity index (χ4n) is 4.23. The molecule has 8 heteroatoms. The Bertz CT molecular complexity index is 1450. The van der Waals surface area contributed by atoms with Crippen molar-refractivity contribution in [2.24, 2.45) is 0 Å². The predicted octanol–water partition coefficient (Wildman–Crippen LogP) is 8.86. The minimum atomic E-state index is 0.107. The first-order valence-electron chi connectivity index (χ1n) is 10.6. The Hall–Kier alpha value is -2.89. The van der Waals surface area contributed by atoms with Crippen molar-refractivity contribution in [1.82, 2.24) is 4.98 Å². The highest BCUT2D eigenvalue weighted by Gasteiger charge is 2.26. The highest BCUT2D eigenvalue weighted by atomic mass is 35.5. The van der Waals surface area contributed by atoms with Crippen molar-refractivity contribution < 1.29 is 14.3 Å². The molecule has 0 amide bonds. The molecule has 0 spiro atoms. The number of hydrogen-bond acceptors (Lipinski definition) is 3. The first-order chi connectivity index (χ1) is 16.9. The summed E-state index contributed by atoms with van der Waals surface area (Å²) in [6.07, 6.45) is 3.02. The molecule has 4 aromatic rings. The molecule has 1 aliphatic rings. The molecule has 176 valence electrons. The van der Waals surface area contributed by atoms with E-state index in [-0.39, 0.29) is 21.1 Å². The van der Waals surface area contributed by atoms with Crippen molar-refractivity contribution in [3.8, 4) is 39.6 Å². The third-order valence-electron chi connectivity index (χ3n) is 5.73. The Kier molecular flexibility index (Phi) is 6.81. The molecule has 1 N–H and O–H groups in total. The summed E-state index contributed by atoms with van der Waals surface area (Å²) in [5.74, 6) is 1.30. The quantitative estimate of drug-likeness (QED) is 0.208. The van der Waals surface area contributed by atoms with Crippen molar-refractivity contribution in [3.05, 3.63) is 98.1 Å². The average Bonchev–Trinajstić information content (AvgIpc) is 3.45. The molecule has 0 aliphatic heterocycles. The normalized spacial score (nSPS) is 11.5. The lowest BCUT2D eigenvalue weighted by atomic mass is 9.98. The van der Waals surface area contributed by atoms with Crippen LogP contribution >= 0.6 is 46.4 Å². The van der Waals surface area contributed by atoms with E-state index < -0.39 is 0 Å². The van der Waals surface area contributed by atoms with Crippen molar-refractivity contribution in [2.75, 3.05) is 6.61 Å². The van der Waals surface area contributed by atoms with E-state index in [0.29, 0.717) is 22.9 Å². The van der Waals surface area contributed by atoms with Crippen LogP contribution in [0.4, 0.5) is 0 Å². The zero-order valence-corrected chi connectivity index (χ0v) is 21.1. The van der Waals surface area contributed by atoms with E-state index in [9.17, 15) is 4.79 Å². The highest BCUT2D eigenvalue weighted by molar-refractivity contribution is 6.55. The highest BCUT2D eigenvalue weighted by Crippen LogP contribution is 2.48. The van der Waals surface area contributed by atoms with Gasteiger partial charge >= 0.3 is 0 Å². The van der Waals surface area contributed by atoms with Crippen molar-refractivity contribution >= 4 is 52.7 Å². The minimum absolute atomic E-state index is 0.107. The van der Waals surface area contributed by atoms with E-state index in [1.807, 2.05) is 30.3 Å². The number of carbonyl (C=O) groups is 1. The van der Waals surface area contributed by atoms with Gasteiger partial charge in [-0.15, -0.1) is 0 Å². The van der Waals surface area contributed by atoms with Crippen LogP contribution < -0.4 is 9.47 Å². The second-order valence-electron chi connectivity index (χ2n) is 7.87. The largest absolute Gasteiger partial charge is 0.489 e. The van der Waals surface area contributed by atoms with Crippen LogP contribution in [0.2, 0.25) is 10.0 Å². The molecule has 0 fully saturated rings. The molecule has 1 heterocycles. The number of fused-ring (bicyclic) bond motifs is 3. The molecular formula is C27H17Cl4NO3. The number of ether oxygens (including phenoxy) is 2. The molecule has 5 rings (SSSR count). The summed E-state index contributed by atoms with van der Waals surface area (Å²) in [7, 11) is 0. The maximum Gasteiger partial charge on any atom is 0.166 e. The van der Waals surface area contributed by atoms with E-state index in [1.54, 1.807) is 18.2 Å². The number of halogens is 4. The zero-order valence-electron chi connectivity index (χ0n) is 18.1. The fraction of sp³-hybridized carbons (Fsp3) is 0.0741. The van der Waals surface area contributed by atoms with Gasteiger partial charge in [0.25, 0.3) is 0 Å². The van der Waals surface area contributed by atoms with Crippen LogP contribution in [-0.4, -0.2) is 17.9 Å². The molecule has 35 heavy (non-hydrogen) atoms. The average molecular weight is 545 g/mol. The van der Waals surface area contributed by atoms with Gasteiger partial charge in [-0.2, -0.15) is 0 Å². The molecule has 1 aromatic heterocycles. The lowest BCUT2D eigenvalue weighted by Gasteiger charge is -2.17. The van der Waals surface area contributed by atoms with E-state index in [1.165, 1.54) is 17.2 Å². The molecule has 3 aromatic carbocycles. The monoisotopic (exact) mass is 543 g/mol. The summed E-state index contributed by atoms with van der Waals surface area (Å²) < 4.78 is 12.0. The number of carbonyl (C=O) groups excluding carboxylic acids is 1. The third kappa shape index (κ3) is 4.80. The lowest BCUT2D eigenvalue weighted by Crippen LogP contribution is -1.97. The van der Waals surface area contributed by atoms with Crippen LogP contribution in [0, 0.1) is 0 Å². The van der Waals surface area contributed by atoms with Gasteiger partial charge in [0.1, 0.15) is 22.6 Å². The number of benzene rings is 3. The fourth-order valence-corrected chi connectivity index (χ4v) is 4.90. The van der Waals surface area contributed by atoms with Crippen LogP contribution in [0.15, 0.2) is 71.2 Å². The molecule has 0 saturated heterocycles. The van der Waals surface area contributed by atoms with Crippen LogP contribution in [0.3, 0.4) is 0 Å². The number of nitrogens with one attached hydrogen (secondary N) is 1. The Morgan fingerprint density at radius 3 is 2.46 bits per heavy atom. The van der Waals surface area contributed by atoms with Gasteiger partial charge in [0.05, 0.1) is 15.7 Å². The molecule has 4 nitrogen and oxygen atoms in total. The predicted molar refractivity (Wildman–Crippen MR) is 142 cm³/mol. The summed E-state index contributed by atoms with van der Waals surface area (Å²) in [5, 5.41) is 0.562. The molecule has 0 saturated carbocycles. The molecular weight excluding hydrogens is 528 g/mol. The van der Waals surface area contributed by atoms with Crippen LogP contribution in [0.1, 0.15) is 21.6 Å². The molecule has 0 unspecified atom stereocenters. The maximum absolute atomic E-state index is 11.3. The Morgan fingerprint density at radius 2 is 1.74 bits per heavy atom. The SMILES string of the molecule is O=Cc1ccc(-c2c(Oc3c(Cl)cc(OCC=C(Cl)Cl)cc3Cl)ccc3c2Cc2ccccc2-3)[nH]1. The summed E-state index contributed by atoms with van der Waals surface area (Å²) >= 11 is 24.3. The lowest BCUT2D eigenvalue weighted by molar-refractivity contribution is 0.111. The number of rotatable bonds is 7. The van der Waals surface area contributed by atoms with Crippen molar-refractivity contribution in [2.45, 2.75) is 6.42 Å². The first-order valence-corrected chi connectivity index (χ1v) is 12.2. The van der Waals surface area contributed by atoms with Crippen LogP contribution in [0.25, 0.3) is 22.4 Å². The number of H-pyrrole nitrogens is 1. The van der Waals surface area contributed by atoms with Crippen LogP contribution in [-0.2, 0) is 6.42 Å². The van der Waals surface area contributed by atoms with Crippen LogP contribution in [0.5, 0.6) is 17.2 Å². The molecule has 0 atom stereocenters. The smallest absolute Gasteiger partial charge is 0.166 e. The summed E-state index contributed by atoms with van der Waals surface area (Å²) in [6, 6.07) is 19.0. The van der Waals surface area contributed by atoms with E-state index in [4.69, 9.17) is 55.9 Å². The Balaban J connectivity index is 1.56. The summed E-state index contributed by atoms with van der Waals surface area (Å²) in [6.45, 7) is 0.163. The minimum Gasteiger partial charge on any atom is -0.489 e. The van der Waals surface area contributed by atoms with E-state index in [0.717, 1.165) is 35.1 Å². The van der Waals surface area contributed by atoms with E-state index in [2.05, 4.69) is 17.1 Å². The third-order valence-corrected chi connectivity index (χ3v) is 6.60. The number of aromatic amines is 1. The molecule has 0 bridgehead atoms. The van der Waals surface area contributed by atoms with Crippen molar-refractivity contribution in [3.63, 3.8) is 0 Å². The summed E-state index contributed by atoms with van der Waals surface area (Å²) in [4.78, 5) is 14.5. The zero-order chi connectivity index (χ0) is 24.5. The van der Waals surface area contributed by atoms with Crippen molar-refractivity contribution in [1.29, 1.82) is 0 Å². The second-order valence-corrected chi connectivity index (χ2v) is 9.69. The first kappa shape index (κ1) is 23.8. The van der Waals surface area contributed by atoms with E-state index >= 15 is 0 Å². The maximum atomic E-state index is 11.3. The second kappa shape index (κ2) is 10.00. The van der Waals surface area contributed by atoms with Gasteiger partial charge in [0.2, 0.25) is 0 Å². The van der Waals surface area contributed by atoms with Gasteiger partial charge in [-0.3, -0.25) is 4.79 Å². The Morgan fingerprint density at radius 1 is 0.971 bits per heavy atom. The van der Waals surface area contributed by atoms with Gasteiger partial charge in [0, 0.05) is 23.4 Å².